The van der Waals surface area contributed by atoms with Crippen molar-refractivity contribution in [2.24, 2.45) is 0 Å². The summed E-state index contributed by atoms with van der Waals surface area (Å²) in [6.45, 7) is 1.62. The van der Waals surface area contributed by atoms with E-state index in [0.29, 0.717) is 5.56 Å². The van der Waals surface area contributed by atoms with Crippen molar-refractivity contribution in [2.75, 3.05) is 7.05 Å². The monoisotopic (exact) mass is 363 g/mol. The van der Waals surface area contributed by atoms with E-state index in [9.17, 15) is 12.8 Å². The van der Waals surface area contributed by atoms with Gasteiger partial charge in [-0.3, -0.25) is 0 Å². The zero-order valence-electron chi connectivity index (χ0n) is 11.6. The normalized spacial score (nSPS) is 24.1. The summed E-state index contributed by atoms with van der Waals surface area (Å²) in [5, 5.41) is 0. The molecule has 0 saturated heterocycles. The van der Waals surface area contributed by atoms with E-state index in [1.165, 1.54) is 22.5 Å². The van der Waals surface area contributed by atoms with E-state index in [2.05, 4.69) is 15.9 Å². The topological polar surface area (TPSA) is 37.4 Å². The molecule has 1 aromatic rings. The Balaban J connectivity index is 2.33. The molecule has 0 N–H and O–H groups in total. The number of aryl methyl sites for hydroxylation is 1. The third kappa shape index (κ3) is 3.07. The number of benzene rings is 1. The number of sulfonamides is 1. The first-order valence-corrected chi connectivity index (χ1v) is 9.08. The summed E-state index contributed by atoms with van der Waals surface area (Å²) >= 11 is 3.58. The van der Waals surface area contributed by atoms with E-state index >= 15 is 0 Å². The van der Waals surface area contributed by atoms with Gasteiger partial charge in [-0.1, -0.05) is 28.8 Å². The van der Waals surface area contributed by atoms with Gasteiger partial charge >= 0.3 is 0 Å². The smallest absolute Gasteiger partial charge is 0.207 e. The van der Waals surface area contributed by atoms with Crippen LogP contribution in [0.5, 0.6) is 0 Å². The van der Waals surface area contributed by atoms with Gasteiger partial charge in [0.15, 0.2) is 0 Å². The van der Waals surface area contributed by atoms with Gasteiger partial charge < -0.3 is 0 Å². The molecule has 2 unspecified atom stereocenters. The number of nitrogens with zero attached hydrogens (tertiary/aromatic N) is 1. The predicted molar refractivity (Wildman–Crippen MR) is 81.1 cm³/mol. The highest BCUT2D eigenvalue weighted by molar-refractivity contribution is 9.09. The van der Waals surface area contributed by atoms with Crippen molar-refractivity contribution in [3.63, 3.8) is 0 Å². The molecule has 1 aliphatic carbocycles. The van der Waals surface area contributed by atoms with E-state index < -0.39 is 15.8 Å². The second-order valence-corrected chi connectivity index (χ2v) is 8.44. The molecule has 2 atom stereocenters. The Hall–Kier alpha value is -0.460. The van der Waals surface area contributed by atoms with Crippen molar-refractivity contribution in [3.8, 4) is 0 Å². The third-order valence-electron chi connectivity index (χ3n) is 3.91. The molecule has 0 heterocycles. The molecule has 1 saturated carbocycles. The maximum absolute atomic E-state index is 13.1. The fraction of sp³-hybridized carbons (Fsp3) is 0.571. The highest BCUT2D eigenvalue weighted by atomic mass is 79.9. The third-order valence-corrected chi connectivity index (χ3v) is 7.02. The molecule has 20 heavy (non-hydrogen) atoms. The van der Waals surface area contributed by atoms with Gasteiger partial charge in [-0.15, -0.1) is 0 Å². The van der Waals surface area contributed by atoms with E-state index in [4.69, 9.17) is 0 Å². The quantitative estimate of drug-likeness (QED) is 0.771. The van der Waals surface area contributed by atoms with Crippen molar-refractivity contribution < 1.29 is 12.8 Å². The van der Waals surface area contributed by atoms with Gasteiger partial charge in [-0.25, -0.2) is 12.8 Å². The van der Waals surface area contributed by atoms with Crippen molar-refractivity contribution >= 4 is 26.0 Å². The number of hydrogen-bond acceptors (Lipinski definition) is 2. The molecule has 0 spiro atoms. The molecule has 0 radical (unpaired) electrons. The van der Waals surface area contributed by atoms with Crippen LogP contribution >= 0.6 is 15.9 Å². The minimum Gasteiger partial charge on any atom is -0.207 e. The summed E-state index contributed by atoms with van der Waals surface area (Å²) in [7, 11) is -1.97. The first kappa shape index (κ1) is 15.9. The zero-order valence-corrected chi connectivity index (χ0v) is 14.0. The second-order valence-electron chi connectivity index (χ2n) is 5.30. The molecule has 0 amide bonds. The zero-order chi connectivity index (χ0) is 14.9. The summed E-state index contributed by atoms with van der Waals surface area (Å²) in [5.74, 6) is -0.417. The molecule has 2 rings (SSSR count). The van der Waals surface area contributed by atoms with Crippen LogP contribution in [0.1, 0.15) is 31.2 Å². The van der Waals surface area contributed by atoms with Crippen molar-refractivity contribution in [1.29, 1.82) is 0 Å². The summed E-state index contributed by atoms with van der Waals surface area (Å²) in [6, 6.07) is 3.76. The van der Waals surface area contributed by atoms with Crippen LogP contribution in [0.15, 0.2) is 23.1 Å². The summed E-state index contributed by atoms with van der Waals surface area (Å²) in [6.07, 6.45) is 3.99. The van der Waals surface area contributed by atoms with E-state index in [-0.39, 0.29) is 15.8 Å². The molecule has 6 heteroatoms. The van der Waals surface area contributed by atoms with Gasteiger partial charge in [0.1, 0.15) is 5.82 Å². The summed E-state index contributed by atoms with van der Waals surface area (Å²) in [5.41, 5.74) is 0.443. The maximum atomic E-state index is 13.1. The Morgan fingerprint density at radius 3 is 2.55 bits per heavy atom. The Kier molecular flexibility index (Phi) is 4.87. The minimum atomic E-state index is -3.58. The number of rotatable bonds is 3. The number of halogens is 2. The molecule has 0 aromatic heterocycles. The lowest BCUT2D eigenvalue weighted by Crippen LogP contribution is -2.44. The van der Waals surface area contributed by atoms with Gasteiger partial charge in [0.05, 0.1) is 4.90 Å². The number of hydrogen-bond donors (Lipinski definition) is 0. The van der Waals surface area contributed by atoms with Gasteiger partial charge in [0.25, 0.3) is 0 Å². The van der Waals surface area contributed by atoms with Gasteiger partial charge in [0, 0.05) is 17.9 Å². The van der Waals surface area contributed by atoms with Crippen LogP contribution in [0.2, 0.25) is 0 Å². The molecule has 1 aliphatic rings. The van der Waals surface area contributed by atoms with Crippen molar-refractivity contribution in [3.05, 3.63) is 29.6 Å². The highest BCUT2D eigenvalue weighted by Crippen LogP contribution is 2.31. The lowest BCUT2D eigenvalue weighted by molar-refractivity contribution is 0.297. The first-order chi connectivity index (χ1) is 9.34. The lowest BCUT2D eigenvalue weighted by atomic mass is 9.96. The van der Waals surface area contributed by atoms with E-state index in [1.807, 2.05) is 0 Å². The Morgan fingerprint density at radius 1 is 1.30 bits per heavy atom. The van der Waals surface area contributed by atoms with E-state index in [0.717, 1.165) is 25.7 Å². The van der Waals surface area contributed by atoms with Crippen molar-refractivity contribution in [1.82, 2.24) is 4.31 Å². The van der Waals surface area contributed by atoms with Crippen molar-refractivity contribution in [2.45, 2.75) is 48.4 Å². The van der Waals surface area contributed by atoms with Gasteiger partial charge in [-0.2, -0.15) is 4.31 Å². The SMILES string of the molecule is Cc1cc(F)ccc1S(=O)(=O)N(C)C1CCCCC1Br. The molecular weight excluding hydrogens is 345 g/mol. The van der Waals surface area contributed by atoms with Crippen LogP contribution in [-0.4, -0.2) is 30.6 Å². The molecular formula is C14H19BrFNO2S. The first-order valence-electron chi connectivity index (χ1n) is 6.72. The largest absolute Gasteiger partial charge is 0.243 e. The van der Waals surface area contributed by atoms with Gasteiger partial charge in [0.2, 0.25) is 10.0 Å². The number of alkyl halides is 1. The molecule has 3 nitrogen and oxygen atoms in total. The average Bonchev–Trinajstić information content (AvgIpc) is 2.38. The van der Waals surface area contributed by atoms with E-state index in [1.54, 1.807) is 14.0 Å². The average molecular weight is 364 g/mol. The molecule has 0 bridgehead atoms. The van der Waals surface area contributed by atoms with Crippen LogP contribution in [0, 0.1) is 12.7 Å². The minimum absolute atomic E-state index is 0.0433. The highest BCUT2D eigenvalue weighted by Gasteiger charge is 2.34. The Morgan fingerprint density at radius 2 is 1.95 bits per heavy atom. The molecule has 1 fully saturated rings. The predicted octanol–water partition coefficient (Wildman–Crippen LogP) is 3.46. The Bertz CT molecular complexity index is 591. The van der Waals surface area contributed by atoms with Crippen LogP contribution in [0.3, 0.4) is 0 Å². The standard InChI is InChI=1S/C14H19BrFNO2S/c1-10-9-11(16)7-8-14(10)20(18,19)17(2)13-6-4-3-5-12(13)15/h7-9,12-13H,3-6H2,1-2H3. The maximum Gasteiger partial charge on any atom is 0.243 e. The molecule has 112 valence electrons. The lowest BCUT2D eigenvalue weighted by Gasteiger charge is -2.34. The Labute approximate surface area is 128 Å². The fourth-order valence-corrected chi connectivity index (χ4v) is 5.44. The van der Waals surface area contributed by atoms with Crippen LogP contribution in [0.4, 0.5) is 4.39 Å². The molecule has 0 aliphatic heterocycles. The van der Waals surface area contributed by atoms with Crippen LogP contribution in [0.25, 0.3) is 0 Å². The summed E-state index contributed by atoms with van der Waals surface area (Å²) in [4.78, 5) is 0.364. The van der Waals surface area contributed by atoms with Crippen LogP contribution < -0.4 is 0 Å². The van der Waals surface area contributed by atoms with Gasteiger partial charge in [-0.05, 0) is 43.5 Å². The fourth-order valence-electron chi connectivity index (χ4n) is 2.71. The molecule has 1 aromatic carbocycles. The van der Waals surface area contributed by atoms with Crippen LogP contribution in [-0.2, 0) is 10.0 Å². The second kappa shape index (κ2) is 6.12. The summed E-state index contributed by atoms with van der Waals surface area (Å²) < 4.78 is 40.0.